The summed E-state index contributed by atoms with van der Waals surface area (Å²) in [6.45, 7) is 0. The molecule has 0 atom stereocenters. The lowest BCUT2D eigenvalue weighted by molar-refractivity contribution is 1.17. The zero-order valence-corrected chi connectivity index (χ0v) is 30.7. The van der Waals surface area contributed by atoms with Crippen LogP contribution in [0.3, 0.4) is 0 Å². The molecule has 0 radical (unpaired) electrons. The first-order valence-electron chi connectivity index (χ1n) is 18.7. The van der Waals surface area contributed by atoms with Gasteiger partial charge in [0.2, 0.25) is 0 Å². The van der Waals surface area contributed by atoms with Gasteiger partial charge >= 0.3 is 0 Å². The highest BCUT2D eigenvalue weighted by molar-refractivity contribution is 7.99. The minimum atomic E-state index is 1.11. The zero-order valence-electron chi connectivity index (χ0n) is 29.9. The Morgan fingerprint density at radius 1 is 0.327 bits per heavy atom. The highest BCUT2D eigenvalue weighted by Crippen LogP contribution is 2.51. The van der Waals surface area contributed by atoms with Gasteiger partial charge < -0.3 is 9.80 Å². The van der Waals surface area contributed by atoms with Crippen molar-refractivity contribution >= 4 is 89.0 Å². The van der Waals surface area contributed by atoms with Gasteiger partial charge in [0, 0.05) is 32.5 Å². The van der Waals surface area contributed by atoms with Gasteiger partial charge in [0.15, 0.2) is 0 Å². The molecule has 0 N–H and O–H groups in total. The molecule has 10 aromatic carbocycles. The molecule has 0 aromatic heterocycles. The standard InChI is InChI=1S/C52H34N2S/c1-3-14-45-36(10-1)20-22-39-33-43(28-30-47(39)45)53(44-29-31-48-40(34-44)23-21-37-11-2-4-15-46(37)48)41-26-24-35(25-27-41)38-12-9-13-42(32-38)54-49-16-5-7-18-51(49)55-52-19-8-6-17-50(52)54/h1-34H. The van der Waals surface area contributed by atoms with Crippen LogP contribution >= 0.6 is 11.8 Å². The summed E-state index contributed by atoms with van der Waals surface area (Å²) in [7, 11) is 0. The number of nitrogens with zero attached hydrogens (tertiary/aromatic N) is 2. The molecule has 0 bridgehead atoms. The maximum absolute atomic E-state index is 2.40. The van der Waals surface area contributed by atoms with Crippen LogP contribution in [0.1, 0.15) is 0 Å². The van der Waals surface area contributed by atoms with E-state index in [1.165, 1.54) is 75.4 Å². The number of anilines is 6. The average Bonchev–Trinajstić information content (AvgIpc) is 3.25. The van der Waals surface area contributed by atoms with Crippen LogP contribution < -0.4 is 9.80 Å². The van der Waals surface area contributed by atoms with Gasteiger partial charge in [0.05, 0.1) is 11.4 Å². The van der Waals surface area contributed by atoms with Crippen molar-refractivity contribution in [2.45, 2.75) is 9.79 Å². The second-order valence-electron chi connectivity index (χ2n) is 14.2. The maximum Gasteiger partial charge on any atom is 0.0601 e. The van der Waals surface area contributed by atoms with E-state index in [2.05, 4.69) is 216 Å². The Kier molecular flexibility index (Phi) is 7.46. The third kappa shape index (κ3) is 5.43. The maximum atomic E-state index is 2.40. The molecule has 0 unspecified atom stereocenters. The van der Waals surface area contributed by atoms with Gasteiger partial charge in [-0.1, -0.05) is 145 Å². The predicted octanol–water partition coefficient (Wildman–Crippen LogP) is 15.4. The number of hydrogen-bond acceptors (Lipinski definition) is 3. The molecule has 0 spiro atoms. The Labute approximate surface area is 324 Å². The molecule has 0 fully saturated rings. The summed E-state index contributed by atoms with van der Waals surface area (Å²) in [5.41, 5.74) is 9.28. The van der Waals surface area contributed by atoms with Crippen LogP contribution in [0.5, 0.6) is 0 Å². The molecule has 1 aliphatic rings. The molecule has 0 saturated carbocycles. The van der Waals surface area contributed by atoms with Crippen LogP contribution in [0.15, 0.2) is 216 Å². The highest BCUT2D eigenvalue weighted by atomic mass is 32.2. The molecule has 55 heavy (non-hydrogen) atoms. The third-order valence-corrected chi connectivity index (χ3v) is 12.1. The molecule has 258 valence electrons. The summed E-state index contributed by atoms with van der Waals surface area (Å²) in [4.78, 5) is 7.31. The lowest BCUT2D eigenvalue weighted by Crippen LogP contribution is -2.14. The second kappa shape index (κ2) is 12.9. The molecular formula is C52H34N2S. The van der Waals surface area contributed by atoms with Crippen molar-refractivity contribution in [3.05, 3.63) is 206 Å². The van der Waals surface area contributed by atoms with Crippen molar-refractivity contribution in [1.29, 1.82) is 0 Å². The average molecular weight is 719 g/mol. The van der Waals surface area contributed by atoms with E-state index in [0.717, 1.165) is 22.7 Å². The van der Waals surface area contributed by atoms with Gasteiger partial charge in [-0.3, -0.25) is 0 Å². The second-order valence-corrected chi connectivity index (χ2v) is 15.3. The summed E-state index contributed by atoms with van der Waals surface area (Å²) in [6, 6.07) is 75.4. The van der Waals surface area contributed by atoms with E-state index < -0.39 is 0 Å². The van der Waals surface area contributed by atoms with Crippen molar-refractivity contribution in [2.75, 3.05) is 9.80 Å². The Hall–Kier alpha value is -6.81. The van der Waals surface area contributed by atoms with Crippen LogP contribution in [0.2, 0.25) is 0 Å². The molecule has 1 aliphatic heterocycles. The minimum absolute atomic E-state index is 1.11. The smallest absolute Gasteiger partial charge is 0.0601 e. The van der Waals surface area contributed by atoms with E-state index in [9.17, 15) is 0 Å². The van der Waals surface area contributed by atoms with Crippen LogP contribution in [-0.2, 0) is 0 Å². The Bertz CT molecular complexity index is 2930. The first-order valence-corrected chi connectivity index (χ1v) is 19.6. The van der Waals surface area contributed by atoms with Crippen molar-refractivity contribution in [3.8, 4) is 11.1 Å². The molecular weight excluding hydrogens is 685 g/mol. The fraction of sp³-hybridized carbons (Fsp3) is 0. The number of hydrogen-bond donors (Lipinski definition) is 0. The van der Waals surface area contributed by atoms with E-state index in [0.29, 0.717) is 0 Å². The van der Waals surface area contributed by atoms with Gasteiger partial charge in [-0.2, -0.15) is 0 Å². The Morgan fingerprint density at radius 3 is 1.42 bits per heavy atom. The first-order chi connectivity index (χ1) is 27.2. The quantitative estimate of drug-likeness (QED) is 0.164. The van der Waals surface area contributed by atoms with Crippen molar-refractivity contribution in [1.82, 2.24) is 0 Å². The van der Waals surface area contributed by atoms with Gasteiger partial charge in [0.1, 0.15) is 0 Å². The van der Waals surface area contributed by atoms with E-state index >= 15 is 0 Å². The summed E-state index contributed by atoms with van der Waals surface area (Å²) < 4.78 is 0. The van der Waals surface area contributed by atoms with Gasteiger partial charge in [-0.25, -0.2) is 0 Å². The molecule has 0 saturated heterocycles. The van der Waals surface area contributed by atoms with Crippen molar-refractivity contribution in [2.24, 2.45) is 0 Å². The fourth-order valence-corrected chi connectivity index (χ4v) is 9.39. The number of benzene rings is 10. The monoisotopic (exact) mass is 718 g/mol. The van der Waals surface area contributed by atoms with Crippen LogP contribution in [0.4, 0.5) is 34.1 Å². The molecule has 3 heteroatoms. The van der Waals surface area contributed by atoms with Crippen LogP contribution in [0.25, 0.3) is 54.2 Å². The minimum Gasteiger partial charge on any atom is -0.310 e. The largest absolute Gasteiger partial charge is 0.310 e. The molecule has 11 rings (SSSR count). The lowest BCUT2D eigenvalue weighted by Gasteiger charge is -2.33. The van der Waals surface area contributed by atoms with E-state index in [1.54, 1.807) is 0 Å². The lowest BCUT2D eigenvalue weighted by atomic mass is 9.99. The summed E-state index contributed by atoms with van der Waals surface area (Å²) in [5.74, 6) is 0. The normalized spacial score (nSPS) is 12.3. The Balaban J connectivity index is 1.02. The number of para-hydroxylation sites is 2. The molecule has 0 aliphatic carbocycles. The Morgan fingerprint density at radius 2 is 0.818 bits per heavy atom. The van der Waals surface area contributed by atoms with Gasteiger partial charge in [-0.05, 0) is 127 Å². The fourth-order valence-electron chi connectivity index (χ4n) is 8.34. The molecule has 1 heterocycles. The number of fused-ring (bicyclic) bond motifs is 8. The topological polar surface area (TPSA) is 6.48 Å². The van der Waals surface area contributed by atoms with Gasteiger partial charge in [0.25, 0.3) is 0 Å². The highest BCUT2D eigenvalue weighted by Gasteiger charge is 2.24. The van der Waals surface area contributed by atoms with Gasteiger partial charge in [-0.15, -0.1) is 0 Å². The number of rotatable bonds is 5. The van der Waals surface area contributed by atoms with Crippen molar-refractivity contribution in [3.63, 3.8) is 0 Å². The summed E-state index contributed by atoms with van der Waals surface area (Å²) >= 11 is 1.84. The summed E-state index contributed by atoms with van der Waals surface area (Å²) in [5, 5.41) is 10.0. The predicted molar refractivity (Wildman–Crippen MR) is 235 cm³/mol. The summed E-state index contributed by atoms with van der Waals surface area (Å²) in [6.07, 6.45) is 0. The third-order valence-electron chi connectivity index (χ3n) is 11.0. The zero-order chi connectivity index (χ0) is 36.3. The SMILES string of the molecule is c1cc(-c2ccc(N(c3ccc4c(ccc5ccccc54)c3)c3ccc4c(ccc5ccccc54)c3)cc2)cc(N2c3ccccc3Sc3ccccc32)c1. The van der Waals surface area contributed by atoms with E-state index in [4.69, 9.17) is 0 Å². The van der Waals surface area contributed by atoms with E-state index in [1.807, 2.05) is 11.8 Å². The molecule has 0 amide bonds. The van der Waals surface area contributed by atoms with Crippen molar-refractivity contribution < 1.29 is 0 Å². The van der Waals surface area contributed by atoms with E-state index in [-0.39, 0.29) is 0 Å². The van der Waals surface area contributed by atoms with Crippen LogP contribution in [-0.4, -0.2) is 0 Å². The molecule has 2 nitrogen and oxygen atoms in total. The first kappa shape index (κ1) is 31.7. The molecule has 10 aromatic rings. The van der Waals surface area contributed by atoms with Crippen LogP contribution in [0, 0.1) is 0 Å².